The van der Waals surface area contributed by atoms with E-state index in [1.54, 1.807) is 13.8 Å². The number of aldehydes is 1. The van der Waals surface area contributed by atoms with Crippen LogP contribution in [0, 0.1) is 0 Å². The molecule has 16 heavy (non-hydrogen) atoms. The van der Waals surface area contributed by atoms with Crippen molar-refractivity contribution in [3.8, 4) is 0 Å². The van der Waals surface area contributed by atoms with E-state index in [4.69, 9.17) is 13.7 Å². The SMILES string of the molecule is C[C@@H](OS(C)(=O)=O)[C@H]1OC(C)(C)O[C@H]1C=O. The normalized spacial score (nSPS) is 31.2. The quantitative estimate of drug-likeness (QED) is 0.520. The van der Waals surface area contributed by atoms with Crippen LogP contribution in [-0.2, 0) is 28.6 Å². The van der Waals surface area contributed by atoms with E-state index >= 15 is 0 Å². The Bertz CT molecular complexity index is 360. The van der Waals surface area contributed by atoms with Crippen molar-refractivity contribution in [1.82, 2.24) is 0 Å². The number of hydrogen-bond acceptors (Lipinski definition) is 6. The Kier molecular flexibility index (Phi) is 3.73. The molecule has 1 rings (SSSR count). The lowest BCUT2D eigenvalue weighted by Gasteiger charge is -2.20. The van der Waals surface area contributed by atoms with Gasteiger partial charge in [0.1, 0.15) is 18.3 Å². The summed E-state index contributed by atoms with van der Waals surface area (Å²) in [7, 11) is -3.58. The third kappa shape index (κ3) is 3.51. The van der Waals surface area contributed by atoms with Crippen LogP contribution in [0.3, 0.4) is 0 Å². The summed E-state index contributed by atoms with van der Waals surface area (Å²) in [6.07, 6.45) is -0.775. The first-order valence-electron chi connectivity index (χ1n) is 4.84. The van der Waals surface area contributed by atoms with E-state index in [2.05, 4.69) is 0 Å². The van der Waals surface area contributed by atoms with E-state index in [0.29, 0.717) is 6.29 Å². The summed E-state index contributed by atoms with van der Waals surface area (Å²) in [5.41, 5.74) is 0. The van der Waals surface area contributed by atoms with Crippen molar-refractivity contribution in [2.75, 3.05) is 6.26 Å². The smallest absolute Gasteiger partial charge is 0.264 e. The highest BCUT2D eigenvalue weighted by molar-refractivity contribution is 7.86. The van der Waals surface area contributed by atoms with E-state index < -0.39 is 34.2 Å². The zero-order valence-electron chi connectivity index (χ0n) is 9.67. The minimum Gasteiger partial charge on any atom is -0.341 e. The minimum absolute atomic E-state index is 0.585. The zero-order valence-corrected chi connectivity index (χ0v) is 10.5. The minimum atomic E-state index is -3.58. The highest BCUT2D eigenvalue weighted by Gasteiger charge is 2.45. The van der Waals surface area contributed by atoms with Gasteiger partial charge in [-0.2, -0.15) is 8.42 Å². The summed E-state index contributed by atoms with van der Waals surface area (Å²) in [4.78, 5) is 10.8. The van der Waals surface area contributed by atoms with Gasteiger partial charge in [-0.05, 0) is 20.8 Å². The second kappa shape index (κ2) is 4.40. The molecule has 3 atom stereocenters. The van der Waals surface area contributed by atoms with Gasteiger partial charge in [0.05, 0.1) is 6.26 Å². The molecule has 0 N–H and O–H groups in total. The molecule has 0 spiro atoms. The Morgan fingerprint density at radius 2 is 1.94 bits per heavy atom. The Hall–Kier alpha value is -0.500. The van der Waals surface area contributed by atoms with Crippen molar-refractivity contribution in [1.29, 1.82) is 0 Å². The molecule has 7 heteroatoms. The van der Waals surface area contributed by atoms with E-state index in [9.17, 15) is 13.2 Å². The third-order valence-electron chi connectivity index (χ3n) is 2.09. The van der Waals surface area contributed by atoms with Crippen LogP contribution in [0.5, 0.6) is 0 Å². The van der Waals surface area contributed by atoms with Crippen LogP contribution < -0.4 is 0 Å². The fraction of sp³-hybridized carbons (Fsp3) is 0.889. The van der Waals surface area contributed by atoms with Gasteiger partial charge >= 0.3 is 0 Å². The van der Waals surface area contributed by atoms with Crippen molar-refractivity contribution in [3.63, 3.8) is 0 Å². The maximum absolute atomic E-state index is 10.9. The van der Waals surface area contributed by atoms with E-state index in [0.717, 1.165) is 6.26 Å². The molecule has 0 aromatic carbocycles. The molecule has 0 unspecified atom stereocenters. The first-order valence-corrected chi connectivity index (χ1v) is 6.65. The van der Waals surface area contributed by atoms with Gasteiger partial charge in [-0.1, -0.05) is 0 Å². The molecule has 94 valence electrons. The average molecular weight is 252 g/mol. The van der Waals surface area contributed by atoms with Crippen LogP contribution in [0.2, 0.25) is 0 Å². The molecule has 0 amide bonds. The Morgan fingerprint density at radius 1 is 1.38 bits per heavy atom. The lowest BCUT2D eigenvalue weighted by atomic mass is 10.1. The lowest BCUT2D eigenvalue weighted by molar-refractivity contribution is -0.154. The monoisotopic (exact) mass is 252 g/mol. The standard InChI is InChI=1S/C9H16O6S/c1-6(15-16(4,11)12)8-7(5-10)13-9(2,3)14-8/h5-8H,1-4H3/t6-,7+,8-/m1/s1. The van der Waals surface area contributed by atoms with E-state index in [1.165, 1.54) is 6.92 Å². The molecule has 0 radical (unpaired) electrons. The maximum atomic E-state index is 10.9. The molecule has 1 fully saturated rings. The van der Waals surface area contributed by atoms with Gasteiger partial charge in [-0.25, -0.2) is 0 Å². The fourth-order valence-corrected chi connectivity index (χ4v) is 2.28. The van der Waals surface area contributed by atoms with Gasteiger partial charge in [0.2, 0.25) is 0 Å². The molecule has 0 aromatic rings. The predicted octanol–water partition coefficient (Wildman–Crippen LogP) is 0.0701. The summed E-state index contributed by atoms with van der Waals surface area (Å²) in [6, 6.07) is 0. The Morgan fingerprint density at radius 3 is 2.38 bits per heavy atom. The van der Waals surface area contributed by atoms with Crippen LogP contribution in [0.25, 0.3) is 0 Å². The molecule has 1 heterocycles. The van der Waals surface area contributed by atoms with Gasteiger partial charge in [-0.15, -0.1) is 0 Å². The van der Waals surface area contributed by atoms with E-state index in [1.807, 2.05) is 0 Å². The summed E-state index contributed by atoms with van der Waals surface area (Å²) < 4.78 is 37.3. The van der Waals surface area contributed by atoms with Gasteiger partial charge < -0.3 is 14.3 Å². The molecule has 1 aliphatic rings. The van der Waals surface area contributed by atoms with Crippen molar-refractivity contribution in [2.24, 2.45) is 0 Å². The number of ether oxygens (including phenoxy) is 2. The Balaban J connectivity index is 2.76. The van der Waals surface area contributed by atoms with E-state index in [-0.39, 0.29) is 0 Å². The predicted molar refractivity (Wildman–Crippen MR) is 55.3 cm³/mol. The highest BCUT2D eigenvalue weighted by atomic mass is 32.2. The van der Waals surface area contributed by atoms with Crippen molar-refractivity contribution >= 4 is 16.4 Å². The molecule has 0 bridgehead atoms. The van der Waals surface area contributed by atoms with Crippen molar-refractivity contribution < 1.29 is 26.9 Å². The van der Waals surface area contributed by atoms with Crippen LogP contribution in [0.1, 0.15) is 20.8 Å². The molecule has 0 saturated carbocycles. The van der Waals surface area contributed by atoms with Crippen molar-refractivity contribution in [3.05, 3.63) is 0 Å². The van der Waals surface area contributed by atoms with Crippen LogP contribution in [-0.4, -0.2) is 45.1 Å². The number of carbonyl (C=O) groups excluding carboxylic acids is 1. The first kappa shape index (κ1) is 13.6. The number of hydrogen-bond donors (Lipinski definition) is 0. The van der Waals surface area contributed by atoms with Gasteiger partial charge in [-0.3, -0.25) is 4.18 Å². The number of carbonyl (C=O) groups is 1. The topological polar surface area (TPSA) is 78.9 Å². The zero-order chi connectivity index (χ0) is 12.6. The summed E-state index contributed by atoms with van der Waals surface area (Å²) in [5, 5.41) is 0. The second-order valence-electron chi connectivity index (χ2n) is 4.21. The molecule has 0 aromatic heterocycles. The molecule has 0 aliphatic carbocycles. The largest absolute Gasteiger partial charge is 0.341 e. The van der Waals surface area contributed by atoms with Gasteiger partial charge in [0, 0.05) is 0 Å². The number of rotatable bonds is 4. The summed E-state index contributed by atoms with van der Waals surface area (Å²) in [5.74, 6) is -0.911. The molecular formula is C9H16O6S. The fourth-order valence-electron chi connectivity index (χ4n) is 1.62. The Labute approximate surface area is 95.0 Å². The van der Waals surface area contributed by atoms with Crippen molar-refractivity contribution in [2.45, 2.75) is 44.9 Å². The maximum Gasteiger partial charge on any atom is 0.264 e. The third-order valence-corrected chi connectivity index (χ3v) is 2.74. The molecule has 1 aliphatic heterocycles. The summed E-state index contributed by atoms with van der Waals surface area (Å²) in [6.45, 7) is 4.82. The molecular weight excluding hydrogens is 236 g/mol. The van der Waals surface area contributed by atoms with Gasteiger partial charge in [0.25, 0.3) is 10.1 Å². The molecule has 6 nitrogen and oxygen atoms in total. The van der Waals surface area contributed by atoms with Crippen LogP contribution >= 0.6 is 0 Å². The van der Waals surface area contributed by atoms with Gasteiger partial charge in [0.15, 0.2) is 12.1 Å². The molecule has 1 saturated heterocycles. The summed E-state index contributed by atoms with van der Waals surface area (Å²) >= 11 is 0. The lowest BCUT2D eigenvalue weighted by Crippen LogP contribution is -2.37. The first-order chi connectivity index (χ1) is 7.14. The average Bonchev–Trinajstić information content (AvgIpc) is 2.38. The van der Waals surface area contributed by atoms with Crippen LogP contribution in [0.15, 0.2) is 0 Å². The van der Waals surface area contributed by atoms with Crippen LogP contribution in [0.4, 0.5) is 0 Å². The highest BCUT2D eigenvalue weighted by Crippen LogP contribution is 2.30. The second-order valence-corrected chi connectivity index (χ2v) is 5.81.